The first-order valence-corrected chi connectivity index (χ1v) is 7.51. The van der Waals surface area contributed by atoms with E-state index >= 15 is 0 Å². The molecule has 2 rings (SSSR count). The second-order valence-electron chi connectivity index (χ2n) is 5.98. The van der Waals surface area contributed by atoms with Crippen molar-refractivity contribution in [2.45, 2.75) is 31.4 Å². The zero-order valence-corrected chi connectivity index (χ0v) is 12.8. The standard InChI is InChI=1S/C16H25F2N3/c1-20(2)14-7-4-8-21(11-14)15(10-19)12-5-3-6-13(9-12)16(17)18/h3,5-6,9,14-16H,4,7-8,10-11,19H2,1-2H3. The van der Waals surface area contributed by atoms with Crippen molar-refractivity contribution in [3.05, 3.63) is 35.4 Å². The van der Waals surface area contributed by atoms with Crippen LogP contribution in [-0.2, 0) is 0 Å². The van der Waals surface area contributed by atoms with Gasteiger partial charge in [0.2, 0.25) is 0 Å². The van der Waals surface area contributed by atoms with Crippen LogP contribution in [0.25, 0.3) is 0 Å². The number of nitrogens with two attached hydrogens (primary N) is 1. The molecule has 21 heavy (non-hydrogen) atoms. The van der Waals surface area contributed by atoms with Gasteiger partial charge in [0.25, 0.3) is 6.43 Å². The van der Waals surface area contributed by atoms with Crippen molar-refractivity contribution < 1.29 is 8.78 Å². The lowest BCUT2D eigenvalue weighted by Gasteiger charge is -2.40. The van der Waals surface area contributed by atoms with Gasteiger partial charge in [-0.1, -0.05) is 18.2 Å². The molecule has 2 N–H and O–H groups in total. The molecule has 0 bridgehead atoms. The Morgan fingerprint density at radius 1 is 1.33 bits per heavy atom. The number of hydrogen-bond donors (Lipinski definition) is 1. The maximum Gasteiger partial charge on any atom is 0.263 e. The van der Waals surface area contributed by atoms with E-state index in [2.05, 4.69) is 23.9 Å². The van der Waals surface area contributed by atoms with Gasteiger partial charge in [0, 0.05) is 30.7 Å². The summed E-state index contributed by atoms with van der Waals surface area (Å²) in [7, 11) is 4.17. The Bertz CT molecular complexity index is 451. The van der Waals surface area contributed by atoms with Crippen LogP contribution in [-0.4, -0.2) is 49.6 Å². The predicted molar refractivity (Wildman–Crippen MR) is 81.5 cm³/mol. The molecule has 118 valence electrons. The molecule has 1 aromatic rings. The molecule has 1 aliphatic rings. The molecule has 0 spiro atoms. The average Bonchev–Trinajstić information content (AvgIpc) is 2.48. The molecule has 0 aliphatic carbocycles. The zero-order valence-electron chi connectivity index (χ0n) is 12.8. The first-order valence-electron chi connectivity index (χ1n) is 7.51. The Labute approximate surface area is 125 Å². The van der Waals surface area contributed by atoms with Gasteiger partial charge in [-0.05, 0) is 45.1 Å². The van der Waals surface area contributed by atoms with Gasteiger partial charge >= 0.3 is 0 Å². The highest BCUT2D eigenvalue weighted by Gasteiger charge is 2.27. The van der Waals surface area contributed by atoms with Crippen molar-refractivity contribution in [3.63, 3.8) is 0 Å². The van der Waals surface area contributed by atoms with E-state index in [1.807, 2.05) is 6.07 Å². The Hall–Kier alpha value is -1.04. The van der Waals surface area contributed by atoms with Crippen molar-refractivity contribution in [1.29, 1.82) is 0 Å². The van der Waals surface area contributed by atoms with Crippen LogP contribution >= 0.6 is 0 Å². The monoisotopic (exact) mass is 297 g/mol. The van der Waals surface area contributed by atoms with E-state index in [0.29, 0.717) is 12.6 Å². The number of rotatable bonds is 5. The molecule has 1 saturated heterocycles. The lowest BCUT2D eigenvalue weighted by Crippen LogP contribution is -2.47. The summed E-state index contributed by atoms with van der Waals surface area (Å²) in [6.07, 6.45) is -0.134. The summed E-state index contributed by atoms with van der Waals surface area (Å²) in [6.45, 7) is 2.37. The number of halogens is 2. The van der Waals surface area contributed by atoms with E-state index in [1.165, 1.54) is 12.5 Å². The van der Waals surface area contributed by atoms with Crippen LogP contribution in [0.2, 0.25) is 0 Å². The summed E-state index contributed by atoms with van der Waals surface area (Å²) in [5, 5.41) is 0. The van der Waals surface area contributed by atoms with Crippen molar-refractivity contribution in [2.24, 2.45) is 5.73 Å². The lowest BCUT2D eigenvalue weighted by atomic mass is 9.98. The van der Waals surface area contributed by atoms with E-state index in [1.54, 1.807) is 12.1 Å². The van der Waals surface area contributed by atoms with Crippen LogP contribution in [0.1, 0.15) is 36.4 Å². The highest BCUT2D eigenvalue weighted by atomic mass is 19.3. The summed E-state index contributed by atoms with van der Waals surface area (Å²) < 4.78 is 25.7. The molecule has 2 unspecified atom stereocenters. The topological polar surface area (TPSA) is 32.5 Å². The second-order valence-corrected chi connectivity index (χ2v) is 5.98. The Morgan fingerprint density at radius 2 is 2.05 bits per heavy atom. The van der Waals surface area contributed by atoms with Gasteiger partial charge in [0.15, 0.2) is 0 Å². The van der Waals surface area contributed by atoms with Crippen molar-refractivity contribution >= 4 is 0 Å². The van der Waals surface area contributed by atoms with Crippen molar-refractivity contribution in [3.8, 4) is 0 Å². The molecule has 1 aromatic carbocycles. The van der Waals surface area contributed by atoms with Gasteiger partial charge in [-0.25, -0.2) is 8.78 Å². The molecule has 0 amide bonds. The highest BCUT2D eigenvalue weighted by molar-refractivity contribution is 5.27. The van der Waals surface area contributed by atoms with Gasteiger partial charge in [0.1, 0.15) is 0 Å². The first kappa shape index (κ1) is 16.3. The smallest absolute Gasteiger partial charge is 0.263 e. The van der Waals surface area contributed by atoms with Crippen molar-refractivity contribution in [2.75, 3.05) is 33.7 Å². The van der Waals surface area contributed by atoms with Gasteiger partial charge < -0.3 is 10.6 Å². The summed E-state index contributed by atoms with van der Waals surface area (Å²) in [5.74, 6) is 0. The van der Waals surface area contributed by atoms with Crippen LogP contribution in [0.3, 0.4) is 0 Å². The number of likely N-dealkylation sites (tertiary alicyclic amines) is 1. The maximum atomic E-state index is 12.9. The minimum absolute atomic E-state index is 0.0199. The molecule has 3 nitrogen and oxygen atoms in total. The van der Waals surface area contributed by atoms with Gasteiger partial charge in [-0.15, -0.1) is 0 Å². The highest BCUT2D eigenvalue weighted by Crippen LogP contribution is 2.28. The van der Waals surface area contributed by atoms with Gasteiger partial charge in [-0.3, -0.25) is 4.90 Å². The summed E-state index contributed by atoms with van der Waals surface area (Å²) in [5.41, 5.74) is 6.91. The molecule has 1 aliphatic heterocycles. The number of nitrogens with zero attached hydrogens (tertiary/aromatic N) is 2. The fraction of sp³-hybridized carbons (Fsp3) is 0.625. The second kappa shape index (κ2) is 7.29. The largest absolute Gasteiger partial charge is 0.329 e. The van der Waals surface area contributed by atoms with Gasteiger partial charge in [0.05, 0.1) is 0 Å². The fourth-order valence-corrected chi connectivity index (χ4v) is 3.09. The number of likely N-dealkylation sites (N-methyl/N-ethyl adjacent to an activating group) is 1. The Morgan fingerprint density at radius 3 is 2.67 bits per heavy atom. The van der Waals surface area contributed by atoms with E-state index in [9.17, 15) is 8.78 Å². The van der Waals surface area contributed by atoms with Crippen LogP contribution in [0, 0.1) is 0 Å². The molecule has 5 heteroatoms. The third-order valence-electron chi connectivity index (χ3n) is 4.37. The van der Waals surface area contributed by atoms with Crippen molar-refractivity contribution in [1.82, 2.24) is 9.80 Å². The minimum atomic E-state index is -2.43. The number of benzene rings is 1. The first-order chi connectivity index (χ1) is 10.0. The van der Waals surface area contributed by atoms with E-state index in [0.717, 1.165) is 25.1 Å². The number of alkyl halides is 2. The molecule has 1 fully saturated rings. The molecular weight excluding hydrogens is 272 g/mol. The summed E-state index contributed by atoms with van der Waals surface area (Å²) in [4.78, 5) is 4.56. The zero-order chi connectivity index (χ0) is 15.4. The summed E-state index contributed by atoms with van der Waals surface area (Å²) in [6, 6.07) is 7.20. The molecular formula is C16H25F2N3. The van der Waals surface area contributed by atoms with Crippen LogP contribution in [0.4, 0.5) is 8.78 Å². The molecule has 0 radical (unpaired) electrons. The fourth-order valence-electron chi connectivity index (χ4n) is 3.09. The minimum Gasteiger partial charge on any atom is -0.329 e. The van der Waals surface area contributed by atoms with E-state index < -0.39 is 6.43 Å². The van der Waals surface area contributed by atoms with E-state index in [-0.39, 0.29) is 11.6 Å². The third kappa shape index (κ3) is 3.99. The summed E-state index contributed by atoms with van der Waals surface area (Å²) >= 11 is 0. The van der Waals surface area contributed by atoms with Crippen LogP contribution in [0.5, 0.6) is 0 Å². The third-order valence-corrected chi connectivity index (χ3v) is 4.37. The lowest BCUT2D eigenvalue weighted by molar-refractivity contribution is 0.0981. The maximum absolute atomic E-state index is 12.9. The van der Waals surface area contributed by atoms with Crippen LogP contribution in [0.15, 0.2) is 24.3 Å². The van der Waals surface area contributed by atoms with E-state index in [4.69, 9.17) is 5.73 Å². The average molecular weight is 297 g/mol. The molecule has 0 saturated carbocycles. The number of piperidine rings is 1. The van der Waals surface area contributed by atoms with Gasteiger partial charge in [-0.2, -0.15) is 0 Å². The van der Waals surface area contributed by atoms with Crippen LogP contribution < -0.4 is 5.73 Å². The molecule has 0 aromatic heterocycles. The quantitative estimate of drug-likeness (QED) is 0.907. The molecule has 1 heterocycles. The molecule has 2 atom stereocenters. The Balaban J connectivity index is 2.17. The normalized spacial score (nSPS) is 22.0. The number of hydrogen-bond acceptors (Lipinski definition) is 3. The predicted octanol–water partition coefficient (Wildman–Crippen LogP) is 2.65. The SMILES string of the molecule is CN(C)C1CCCN(C(CN)c2cccc(C(F)F)c2)C1. The Kier molecular flexibility index (Phi) is 5.67.